The maximum absolute atomic E-state index is 9.88. The van der Waals surface area contributed by atoms with E-state index in [1.807, 2.05) is 0 Å². The lowest BCUT2D eigenvalue weighted by Crippen LogP contribution is -2.34. The van der Waals surface area contributed by atoms with Gasteiger partial charge in [-0.1, -0.05) is 5.16 Å². The summed E-state index contributed by atoms with van der Waals surface area (Å²) in [6.45, 7) is 4.32. The van der Waals surface area contributed by atoms with Gasteiger partial charge in [0.1, 0.15) is 0 Å². The second kappa shape index (κ2) is 5.09. The number of methoxy groups -OCH3 is 1. The van der Waals surface area contributed by atoms with Crippen molar-refractivity contribution in [3.8, 4) is 0 Å². The molecule has 6 heteroatoms. The van der Waals surface area contributed by atoms with Crippen molar-refractivity contribution in [2.75, 3.05) is 25.6 Å². The number of nitrogens with one attached hydrogen (secondary N) is 1. The van der Waals surface area contributed by atoms with Gasteiger partial charge < -0.3 is 19.7 Å². The molecule has 0 spiro atoms. The second-order valence-electron chi connectivity index (χ2n) is 3.74. The van der Waals surface area contributed by atoms with Gasteiger partial charge in [-0.05, 0) is 13.8 Å². The highest BCUT2D eigenvalue weighted by atomic mass is 16.5. The fraction of sp³-hybridized carbons (Fsp3) is 0.778. The summed E-state index contributed by atoms with van der Waals surface area (Å²) in [5.41, 5.74) is -0.849. The monoisotopic (exact) mass is 215 g/mol. The van der Waals surface area contributed by atoms with Gasteiger partial charge in [0.25, 0.3) is 0 Å². The fourth-order valence-electron chi connectivity index (χ4n) is 1.05. The highest BCUT2D eigenvalue weighted by molar-refractivity contribution is 5.18. The number of anilines is 1. The zero-order chi connectivity index (χ0) is 11.3. The number of hydrogen-bond acceptors (Lipinski definition) is 6. The van der Waals surface area contributed by atoms with Gasteiger partial charge in [0, 0.05) is 26.7 Å². The summed E-state index contributed by atoms with van der Waals surface area (Å²) in [5.74, 6) is 0.564. The predicted octanol–water partition coefficient (Wildman–Crippen LogP) is 0.577. The van der Waals surface area contributed by atoms with Crippen molar-refractivity contribution < 1.29 is 14.4 Å². The standard InChI is InChI=1S/C9H17N3O3/c1-7-11-8(15-12-7)10-6-9(2,13)4-5-14-3/h13H,4-6H2,1-3H3,(H,10,11,12). The molecule has 1 aromatic heterocycles. The quantitative estimate of drug-likeness (QED) is 0.722. The molecule has 0 fully saturated rings. The molecule has 0 aliphatic carbocycles. The Morgan fingerprint density at radius 2 is 2.33 bits per heavy atom. The SMILES string of the molecule is COCCC(C)(O)CNc1nc(C)no1. The summed E-state index contributed by atoms with van der Waals surface area (Å²) in [6.07, 6.45) is 0.545. The Hall–Kier alpha value is -1.14. The van der Waals surface area contributed by atoms with E-state index in [0.717, 1.165) is 0 Å². The van der Waals surface area contributed by atoms with E-state index < -0.39 is 5.60 Å². The van der Waals surface area contributed by atoms with Crippen LogP contribution in [-0.4, -0.2) is 41.1 Å². The highest BCUT2D eigenvalue weighted by Gasteiger charge is 2.20. The molecule has 0 aliphatic rings. The maximum Gasteiger partial charge on any atom is 0.321 e. The molecule has 0 amide bonds. The van der Waals surface area contributed by atoms with Crippen molar-refractivity contribution in [3.05, 3.63) is 5.82 Å². The number of aryl methyl sites for hydroxylation is 1. The minimum Gasteiger partial charge on any atom is -0.388 e. The summed E-state index contributed by atoms with van der Waals surface area (Å²) in [6, 6.07) is 0.324. The Morgan fingerprint density at radius 1 is 1.60 bits per heavy atom. The van der Waals surface area contributed by atoms with Crippen molar-refractivity contribution >= 4 is 6.01 Å². The van der Waals surface area contributed by atoms with Crippen molar-refractivity contribution in [3.63, 3.8) is 0 Å². The van der Waals surface area contributed by atoms with Crippen LogP contribution in [0.4, 0.5) is 6.01 Å². The van der Waals surface area contributed by atoms with E-state index >= 15 is 0 Å². The summed E-state index contributed by atoms with van der Waals surface area (Å²) < 4.78 is 9.74. The minimum atomic E-state index is -0.849. The molecule has 1 heterocycles. The number of ether oxygens (including phenoxy) is 1. The van der Waals surface area contributed by atoms with E-state index in [0.29, 0.717) is 31.4 Å². The third-order valence-electron chi connectivity index (χ3n) is 1.99. The molecular weight excluding hydrogens is 198 g/mol. The van der Waals surface area contributed by atoms with Crippen molar-refractivity contribution in [1.82, 2.24) is 10.1 Å². The molecule has 1 aromatic rings. The third kappa shape index (κ3) is 4.26. The summed E-state index contributed by atoms with van der Waals surface area (Å²) >= 11 is 0. The first-order valence-electron chi connectivity index (χ1n) is 4.79. The maximum atomic E-state index is 9.88. The largest absolute Gasteiger partial charge is 0.388 e. The molecule has 1 rings (SSSR count). The Morgan fingerprint density at radius 3 is 2.87 bits per heavy atom. The molecule has 86 valence electrons. The second-order valence-corrected chi connectivity index (χ2v) is 3.74. The molecule has 6 nitrogen and oxygen atoms in total. The number of rotatable bonds is 6. The topological polar surface area (TPSA) is 80.4 Å². The van der Waals surface area contributed by atoms with Crippen LogP contribution in [0.15, 0.2) is 4.52 Å². The van der Waals surface area contributed by atoms with Crippen molar-refractivity contribution in [2.24, 2.45) is 0 Å². The number of nitrogens with zero attached hydrogens (tertiary/aromatic N) is 2. The van der Waals surface area contributed by atoms with Gasteiger partial charge >= 0.3 is 6.01 Å². The molecule has 1 atom stereocenters. The Kier molecular flexibility index (Phi) is 4.05. The normalized spacial score (nSPS) is 14.9. The average molecular weight is 215 g/mol. The summed E-state index contributed by atoms with van der Waals surface area (Å²) in [5, 5.41) is 16.4. The molecule has 0 aromatic carbocycles. The Bertz CT molecular complexity index is 299. The summed E-state index contributed by atoms with van der Waals surface area (Å²) in [7, 11) is 1.60. The van der Waals surface area contributed by atoms with E-state index in [1.54, 1.807) is 21.0 Å². The van der Waals surface area contributed by atoms with Gasteiger partial charge in [0.15, 0.2) is 5.82 Å². The number of aliphatic hydroxyl groups is 1. The fourth-order valence-corrected chi connectivity index (χ4v) is 1.05. The molecule has 0 radical (unpaired) electrons. The van der Waals surface area contributed by atoms with E-state index in [4.69, 9.17) is 9.26 Å². The smallest absolute Gasteiger partial charge is 0.321 e. The van der Waals surface area contributed by atoms with Crippen LogP contribution < -0.4 is 5.32 Å². The minimum absolute atomic E-state index is 0.324. The lowest BCUT2D eigenvalue weighted by Gasteiger charge is -2.22. The van der Waals surface area contributed by atoms with Crippen molar-refractivity contribution in [2.45, 2.75) is 25.9 Å². The first kappa shape index (κ1) is 11.9. The molecule has 1 unspecified atom stereocenters. The molecule has 0 aliphatic heterocycles. The third-order valence-corrected chi connectivity index (χ3v) is 1.99. The van der Waals surface area contributed by atoms with E-state index in [2.05, 4.69) is 15.5 Å². The highest BCUT2D eigenvalue weighted by Crippen LogP contribution is 2.11. The van der Waals surface area contributed by atoms with E-state index in [-0.39, 0.29) is 0 Å². The van der Waals surface area contributed by atoms with Crippen LogP contribution in [0.3, 0.4) is 0 Å². The van der Waals surface area contributed by atoms with Gasteiger partial charge in [-0.15, -0.1) is 0 Å². The van der Waals surface area contributed by atoms with E-state index in [9.17, 15) is 5.11 Å². The van der Waals surface area contributed by atoms with Gasteiger partial charge in [0.2, 0.25) is 0 Å². The molecule has 0 bridgehead atoms. The van der Waals surface area contributed by atoms with Crippen LogP contribution >= 0.6 is 0 Å². The van der Waals surface area contributed by atoms with Crippen LogP contribution in [0.25, 0.3) is 0 Å². The van der Waals surface area contributed by atoms with Crippen LogP contribution in [0.2, 0.25) is 0 Å². The number of aromatic nitrogens is 2. The van der Waals surface area contributed by atoms with Gasteiger partial charge in [-0.25, -0.2) is 0 Å². The molecule has 15 heavy (non-hydrogen) atoms. The van der Waals surface area contributed by atoms with Gasteiger partial charge in [-0.2, -0.15) is 4.98 Å². The zero-order valence-electron chi connectivity index (χ0n) is 9.28. The van der Waals surface area contributed by atoms with Crippen LogP contribution in [-0.2, 0) is 4.74 Å². The lowest BCUT2D eigenvalue weighted by atomic mass is 10.0. The first-order chi connectivity index (χ1) is 7.03. The van der Waals surface area contributed by atoms with Crippen LogP contribution in [0.5, 0.6) is 0 Å². The molecular formula is C9H17N3O3. The van der Waals surface area contributed by atoms with Crippen LogP contribution in [0.1, 0.15) is 19.2 Å². The number of hydrogen-bond donors (Lipinski definition) is 2. The van der Waals surface area contributed by atoms with Crippen LogP contribution in [0, 0.1) is 6.92 Å². The zero-order valence-corrected chi connectivity index (χ0v) is 9.28. The van der Waals surface area contributed by atoms with Crippen molar-refractivity contribution in [1.29, 1.82) is 0 Å². The van der Waals surface area contributed by atoms with E-state index in [1.165, 1.54) is 0 Å². The Balaban J connectivity index is 2.35. The van der Waals surface area contributed by atoms with Gasteiger partial charge in [0.05, 0.1) is 5.60 Å². The molecule has 0 saturated heterocycles. The Labute approximate surface area is 88.6 Å². The first-order valence-corrected chi connectivity index (χ1v) is 4.79. The lowest BCUT2D eigenvalue weighted by molar-refractivity contribution is 0.0352. The predicted molar refractivity (Wildman–Crippen MR) is 54.6 cm³/mol. The molecule has 2 N–H and O–H groups in total. The van der Waals surface area contributed by atoms with Gasteiger partial charge in [-0.3, -0.25) is 0 Å². The average Bonchev–Trinajstić information content (AvgIpc) is 2.59. The summed E-state index contributed by atoms with van der Waals surface area (Å²) in [4.78, 5) is 3.96. The molecule has 0 saturated carbocycles.